The molecule has 0 radical (unpaired) electrons. The second-order valence-corrected chi connectivity index (χ2v) is 6.74. The monoisotopic (exact) mass is 425 g/mol. The predicted molar refractivity (Wildman–Crippen MR) is 113 cm³/mol. The van der Waals surface area contributed by atoms with Gasteiger partial charge in [0.1, 0.15) is 5.82 Å². The summed E-state index contributed by atoms with van der Waals surface area (Å²) in [6.07, 6.45) is 0. The van der Waals surface area contributed by atoms with Crippen molar-refractivity contribution in [1.82, 2.24) is 15.4 Å². The van der Waals surface area contributed by atoms with Crippen LogP contribution in [0.5, 0.6) is 0 Å². The van der Waals surface area contributed by atoms with E-state index in [1.165, 1.54) is 24.3 Å². The number of aryl methyl sites for hydroxylation is 1. The fourth-order valence-corrected chi connectivity index (χ4v) is 3.28. The zero-order chi connectivity index (χ0) is 22.7. The summed E-state index contributed by atoms with van der Waals surface area (Å²) in [7, 11) is 1.57. The molecule has 0 spiro atoms. The summed E-state index contributed by atoms with van der Waals surface area (Å²) in [4.78, 5) is 35.6. The molecule has 0 aliphatic heterocycles. The van der Waals surface area contributed by atoms with Gasteiger partial charge in [0.15, 0.2) is 0 Å². The van der Waals surface area contributed by atoms with Gasteiger partial charge in [0.25, 0.3) is 17.5 Å². The van der Waals surface area contributed by atoms with E-state index >= 15 is 0 Å². The Morgan fingerprint density at radius 2 is 1.58 bits per heavy atom. The Morgan fingerprint density at radius 3 is 2.16 bits per heavy atom. The number of aromatic nitrogens is 1. The predicted octanol–water partition coefficient (Wildman–Crippen LogP) is 3.26. The van der Waals surface area contributed by atoms with Crippen molar-refractivity contribution < 1.29 is 18.9 Å². The Hall–Kier alpha value is -4.21. The third-order valence-electron chi connectivity index (χ3n) is 4.78. The number of hydrazine groups is 1. The smallest absolute Gasteiger partial charge is 0.272 e. The molecule has 0 fully saturated rings. The van der Waals surface area contributed by atoms with Gasteiger partial charge in [0.05, 0.1) is 16.1 Å². The Bertz CT molecular complexity index is 1170. The van der Waals surface area contributed by atoms with Crippen LogP contribution >= 0.6 is 0 Å². The van der Waals surface area contributed by atoms with E-state index < -0.39 is 16.7 Å². The number of amides is 2. The SMILES string of the molecule is CNc1ccc([N+](=O)[O-])cc1C(=O)NNC(=O)c1cc(C)n(-c2ccc(F)cc2)c1C. The Balaban J connectivity index is 1.80. The molecule has 9 nitrogen and oxygen atoms in total. The molecule has 2 amide bonds. The van der Waals surface area contributed by atoms with Crippen molar-refractivity contribution in [2.24, 2.45) is 0 Å². The quantitative estimate of drug-likeness (QED) is 0.428. The Morgan fingerprint density at radius 1 is 0.968 bits per heavy atom. The maximum atomic E-state index is 13.2. The molecule has 31 heavy (non-hydrogen) atoms. The van der Waals surface area contributed by atoms with Crippen LogP contribution in [0.2, 0.25) is 0 Å². The largest absolute Gasteiger partial charge is 0.387 e. The van der Waals surface area contributed by atoms with Gasteiger partial charge in [-0.2, -0.15) is 0 Å². The normalized spacial score (nSPS) is 10.5. The molecule has 0 unspecified atom stereocenters. The lowest BCUT2D eigenvalue weighted by Crippen LogP contribution is -2.42. The number of nitro benzene ring substituents is 1. The number of non-ortho nitro benzene ring substituents is 1. The number of nitro groups is 1. The van der Waals surface area contributed by atoms with Crippen molar-refractivity contribution >= 4 is 23.2 Å². The van der Waals surface area contributed by atoms with Gasteiger partial charge in [-0.3, -0.25) is 30.6 Å². The summed E-state index contributed by atoms with van der Waals surface area (Å²) in [5.41, 5.74) is 7.09. The fraction of sp³-hybridized carbons (Fsp3) is 0.143. The summed E-state index contributed by atoms with van der Waals surface area (Å²) in [6.45, 7) is 3.53. The van der Waals surface area contributed by atoms with Crippen molar-refractivity contribution in [3.63, 3.8) is 0 Å². The fourth-order valence-electron chi connectivity index (χ4n) is 3.28. The number of carbonyl (C=O) groups excluding carboxylic acids is 2. The van der Waals surface area contributed by atoms with Crippen LogP contribution in [0.4, 0.5) is 15.8 Å². The third kappa shape index (κ3) is 4.37. The molecule has 2 aromatic carbocycles. The van der Waals surface area contributed by atoms with Gasteiger partial charge in [0.2, 0.25) is 0 Å². The second-order valence-electron chi connectivity index (χ2n) is 6.74. The van der Waals surface area contributed by atoms with Crippen molar-refractivity contribution in [1.29, 1.82) is 0 Å². The maximum Gasteiger partial charge on any atom is 0.272 e. The summed E-state index contributed by atoms with van der Waals surface area (Å²) >= 11 is 0. The molecule has 0 saturated carbocycles. The average molecular weight is 425 g/mol. The molecule has 0 aliphatic rings. The van der Waals surface area contributed by atoms with Crippen LogP contribution in [0.15, 0.2) is 48.5 Å². The van der Waals surface area contributed by atoms with E-state index in [4.69, 9.17) is 0 Å². The first-order valence-electron chi connectivity index (χ1n) is 9.24. The van der Waals surface area contributed by atoms with Crippen LogP contribution in [0.25, 0.3) is 5.69 Å². The van der Waals surface area contributed by atoms with Crippen LogP contribution in [0, 0.1) is 29.8 Å². The van der Waals surface area contributed by atoms with Gasteiger partial charge in [-0.05, 0) is 50.2 Å². The van der Waals surface area contributed by atoms with Crippen molar-refractivity contribution in [2.75, 3.05) is 12.4 Å². The molecule has 1 heterocycles. The number of nitrogens with one attached hydrogen (secondary N) is 3. The number of nitrogens with zero attached hydrogens (tertiary/aromatic N) is 2. The van der Waals surface area contributed by atoms with Crippen molar-refractivity contribution in [2.45, 2.75) is 13.8 Å². The standard InChI is InChI=1S/C21H20FN5O4/c1-12-10-17(13(2)26(12)15-6-4-14(22)5-7-15)20(28)24-25-21(29)18-11-16(27(30)31)8-9-19(18)23-3/h4-11,23H,1-3H3,(H,24,28)(H,25,29). The molecular weight excluding hydrogens is 405 g/mol. The summed E-state index contributed by atoms with van der Waals surface area (Å²) in [5, 5.41) is 13.8. The molecule has 3 aromatic rings. The number of anilines is 1. The highest BCUT2D eigenvalue weighted by Gasteiger charge is 2.20. The number of hydrogen-bond donors (Lipinski definition) is 3. The molecular formula is C21H20FN5O4. The lowest BCUT2D eigenvalue weighted by molar-refractivity contribution is -0.384. The number of halogens is 1. The highest BCUT2D eigenvalue weighted by atomic mass is 19.1. The van der Waals surface area contributed by atoms with E-state index in [1.807, 2.05) is 0 Å². The number of hydrogen-bond acceptors (Lipinski definition) is 5. The van der Waals surface area contributed by atoms with Crippen LogP contribution in [0.3, 0.4) is 0 Å². The lowest BCUT2D eigenvalue weighted by atomic mass is 10.1. The van der Waals surface area contributed by atoms with Gasteiger partial charge in [0, 0.05) is 41.9 Å². The minimum Gasteiger partial charge on any atom is -0.387 e. The molecule has 0 atom stereocenters. The first-order valence-corrected chi connectivity index (χ1v) is 9.24. The highest BCUT2D eigenvalue weighted by Crippen LogP contribution is 2.23. The summed E-state index contributed by atoms with van der Waals surface area (Å²) in [5.74, 6) is -1.64. The Kier molecular flexibility index (Phi) is 6.00. The van der Waals surface area contributed by atoms with Gasteiger partial charge >= 0.3 is 0 Å². The summed E-state index contributed by atoms with van der Waals surface area (Å²) < 4.78 is 15.0. The summed E-state index contributed by atoms with van der Waals surface area (Å²) in [6, 6.07) is 11.3. The van der Waals surface area contributed by atoms with E-state index in [0.29, 0.717) is 22.6 Å². The van der Waals surface area contributed by atoms with Gasteiger partial charge in [-0.25, -0.2) is 4.39 Å². The van der Waals surface area contributed by atoms with E-state index in [2.05, 4.69) is 16.2 Å². The van der Waals surface area contributed by atoms with Crippen LogP contribution < -0.4 is 16.2 Å². The molecule has 3 rings (SSSR count). The van der Waals surface area contributed by atoms with Gasteiger partial charge in [-0.15, -0.1) is 0 Å². The first-order chi connectivity index (χ1) is 14.7. The molecule has 10 heteroatoms. The Labute approximate surface area is 177 Å². The molecule has 0 aliphatic carbocycles. The van der Waals surface area contributed by atoms with Crippen molar-refractivity contribution in [3.8, 4) is 5.69 Å². The minimum absolute atomic E-state index is 0.00813. The van der Waals surface area contributed by atoms with Gasteiger partial charge < -0.3 is 9.88 Å². The second kappa shape index (κ2) is 8.66. The van der Waals surface area contributed by atoms with Crippen LogP contribution in [-0.4, -0.2) is 28.4 Å². The zero-order valence-corrected chi connectivity index (χ0v) is 17.0. The minimum atomic E-state index is -0.714. The zero-order valence-electron chi connectivity index (χ0n) is 17.0. The average Bonchev–Trinajstić information content (AvgIpc) is 3.05. The highest BCUT2D eigenvalue weighted by molar-refractivity contribution is 6.03. The van der Waals surface area contributed by atoms with Gasteiger partial charge in [-0.1, -0.05) is 0 Å². The van der Waals surface area contributed by atoms with E-state index in [0.717, 1.165) is 11.8 Å². The molecule has 160 valence electrons. The lowest BCUT2D eigenvalue weighted by Gasteiger charge is -2.12. The van der Waals surface area contributed by atoms with Crippen LogP contribution in [-0.2, 0) is 0 Å². The molecule has 0 saturated heterocycles. The van der Waals surface area contributed by atoms with E-state index in [1.54, 1.807) is 43.7 Å². The topological polar surface area (TPSA) is 118 Å². The molecule has 0 bridgehead atoms. The number of benzene rings is 2. The maximum absolute atomic E-state index is 13.2. The molecule has 1 aromatic heterocycles. The van der Waals surface area contributed by atoms with Crippen LogP contribution in [0.1, 0.15) is 32.1 Å². The number of rotatable bonds is 5. The van der Waals surface area contributed by atoms with E-state index in [9.17, 15) is 24.1 Å². The first kappa shape index (κ1) is 21.5. The number of carbonyl (C=O) groups is 2. The molecule has 3 N–H and O–H groups in total. The van der Waals surface area contributed by atoms with Crippen molar-refractivity contribution in [3.05, 3.63) is 87.0 Å². The van der Waals surface area contributed by atoms with E-state index in [-0.39, 0.29) is 17.1 Å². The third-order valence-corrected chi connectivity index (χ3v) is 4.78.